The number of amides is 1. The number of hydrogen-bond acceptors (Lipinski definition) is 3. The number of nitrogens with zero attached hydrogens (tertiary/aromatic N) is 2. The summed E-state index contributed by atoms with van der Waals surface area (Å²) >= 11 is 0. The number of carboxylic acids is 1. The van der Waals surface area contributed by atoms with Gasteiger partial charge in [0.15, 0.2) is 0 Å². The fourth-order valence-electron chi connectivity index (χ4n) is 2.31. The summed E-state index contributed by atoms with van der Waals surface area (Å²) in [5.41, 5.74) is 3.14. The molecule has 2 N–H and O–H groups in total. The minimum absolute atomic E-state index is 0.0458. The predicted octanol–water partition coefficient (Wildman–Crippen LogP) is 1.59. The third-order valence-electron chi connectivity index (χ3n) is 3.80. The number of aryl methyl sites for hydroxylation is 2. The van der Waals surface area contributed by atoms with E-state index in [-0.39, 0.29) is 24.3 Å². The summed E-state index contributed by atoms with van der Waals surface area (Å²) < 4.78 is 1.82. The number of rotatable bonds is 7. The molecule has 0 spiro atoms. The van der Waals surface area contributed by atoms with E-state index in [1.54, 1.807) is 0 Å². The highest BCUT2D eigenvalue weighted by Crippen LogP contribution is 2.17. The number of aliphatic carboxylic acids is 1. The molecule has 118 valence electrons. The molecule has 6 nitrogen and oxygen atoms in total. The zero-order valence-electron chi connectivity index (χ0n) is 13.4. The van der Waals surface area contributed by atoms with Crippen molar-refractivity contribution in [3.05, 3.63) is 17.0 Å². The first-order chi connectivity index (χ1) is 9.72. The minimum atomic E-state index is -0.842. The lowest BCUT2D eigenvalue weighted by Crippen LogP contribution is -2.37. The van der Waals surface area contributed by atoms with Crippen LogP contribution in [0, 0.1) is 19.8 Å². The Morgan fingerprint density at radius 2 is 1.95 bits per heavy atom. The molecule has 2 unspecified atom stereocenters. The van der Waals surface area contributed by atoms with E-state index in [0.29, 0.717) is 12.8 Å². The summed E-state index contributed by atoms with van der Waals surface area (Å²) in [6.45, 7) is 7.65. The molecule has 0 aromatic carbocycles. The van der Waals surface area contributed by atoms with Gasteiger partial charge in [-0.2, -0.15) is 5.10 Å². The van der Waals surface area contributed by atoms with E-state index in [9.17, 15) is 9.59 Å². The Hall–Kier alpha value is -1.85. The van der Waals surface area contributed by atoms with Gasteiger partial charge in [0.1, 0.15) is 0 Å². The van der Waals surface area contributed by atoms with Crippen molar-refractivity contribution in [2.45, 2.75) is 53.0 Å². The molecular formula is C15H25N3O3. The van der Waals surface area contributed by atoms with E-state index in [4.69, 9.17) is 5.11 Å². The maximum absolute atomic E-state index is 12.1. The van der Waals surface area contributed by atoms with Crippen molar-refractivity contribution in [3.63, 3.8) is 0 Å². The van der Waals surface area contributed by atoms with E-state index in [1.165, 1.54) is 0 Å². The van der Waals surface area contributed by atoms with Crippen LogP contribution in [-0.4, -0.2) is 32.8 Å². The maximum Gasteiger partial charge on any atom is 0.303 e. The Balaban J connectivity index is 2.56. The third kappa shape index (κ3) is 4.88. The molecule has 1 amide bonds. The summed E-state index contributed by atoms with van der Waals surface area (Å²) in [5.74, 6) is -1.06. The summed E-state index contributed by atoms with van der Waals surface area (Å²) in [7, 11) is 1.89. The predicted molar refractivity (Wildman–Crippen MR) is 80.0 cm³/mol. The first kappa shape index (κ1) is 17.2. The monoisotopic (exact) mass is 295 g/mol. The fraction of sp³-hybridized carbons (Fsp3) is 0.667. The largest absolute Gasteiger partial charge is 0.481 e. The molecule has 0 bridgehead atoms. The normalized spacial score (nSPS) is 13.8. The standard InChI is InChI=1S/C15H25N3O3/c1-9(8-13-11(3)17-18(5)12(13)4)15(21)16-10(2)6-7-14(19)20/h9-10H,6-8H2,1-5H3,(H,16,21)(H,19,20). The van der Waals surface area contributed by atoms with Crippen molar-refractivity contribution in [2.24, 2.45) is 13.0 Å². The van der Waals surface area contributed by atoms with E-state index in [1.807, 2.05) is 39.4 Å². The van der Waals surface area contributed by atoms with Crippen LogP contribution in [0.1, 0.15) is 43.6 Å². The van der Waals surface area contributed by atoms with Crippen LogP contribution in [0.4, 0.5) is 0 Å². The number of carbonyl (C=O) groups is 2. The molecular weight excluding hydrogens is 270 g/mol. The molecule has 0 aliphatic rings. The number of nitrogens with one attached hydrogen (secondary N) is 1. The Morgan fingerprint density at radius 1 is 1.33 bits per heavy atom. The summed E-state index contributed by atoms with van der Waals surface area (Å²) in [4.78, 5) is 22.7. The molecule has 1 aromatic heterocycles. The van der Waals surface area contributed by atoms with Gasteiger partial charge in [0, 0.05) is 31.1 Å². The van der Waals surface area contributed by atoms with E-state index in [2.05, 4.69) is 10.4 Å². The van der Waals surface area contributed by atoms with E-state index < -0.39 is 5.97 Å². The van der Waals surface area contributed by atoms with Gasteiger partial charge in [-0.15, -0.1) is 0 Å². The van der Waals surface area contributed by atoms with Crippen LogP contribution in [-0.2, 0) is 23.1 Å². The molecule has 0 aliphatic heterocycles. The van der Waals surface area contributed by atoms with Crippen molar-refractivity contribution in [2.75, 3.05) is 0 Å². The average Bonchev–Trinajstić information content (AvgIpc) is 2.62. The van der Waals surface area contributed by atoms with Crippen LogP contribution in [0.25, 0.3) is 0 Å². The van der Waals surface area contributed by atoms with Crippen molar-refractivity contribution < 1.29 is 14.7 Å². The van der Waals surface area contributed by atoms with Gasteiger partial charge < -0.3 is 10.4 Å². The molecule has 0 radical (unpaired) electrons. The second-order valence-electron chi connectivity index (χ2n) is 5.72. The first-order valence-corrected chi connectivity index (χ1v) is 7.23. The summed E-state index contributed by atoms with van der Waals surface area (Å²) in [6.07, 6.45) is 1.15. The second kappa shape index (κ2) is 7.24. The zero-order valence-corrected chi connectivity index (χ0v) is 13.4. The molecule has 0 saturated carbocycles. The van der Waals surface area contributed by atoms with Crippen LogP contribution in [0.3, 0.4) is 0 Å². The number of aromatic nitrogens is 2. The highest BCUT2D eigenvalue weighted by molar-refractivity contribution is 5.79. The topological polar surface area (TPSA) is 84.2 Å². The Kier molecular flexibility index (Phi) is 5.93. The number of hydrogen-bond donors (Lipinski definition) is 2. The Bertz CT molecular complexity index is 522. The van der Waals surface area contributed by atoms with Crippen molar-refractivity contribution in [3.8, 4) is 0 Å². The van der Waals surface area contributed by atoms with Gasteiger partial charge in [-0.1, -0.05) is 6.92 Å². The molecule has 0 fully saturated rings. The van der Waals surface area contributed by atoms with Gasteiger partial charge in [0.2, 0.25) is 5.91 Å². The minimum Gasteiger partial charge on any atom is -0.481 e. The molecule has 1 aromatic rings. The highest BCUT2D eigenvalue weighted by Gasteiger charge is 2.19. The van der Waals surface area contributed by atoms with Crippen molar-refractivity contribution in [1.29, 1.82) is 0 Å². The third-order valence-corrected chi connectivity index (χ3v) is 3.80. The summed E-state index contributed by atoms with van der Waals surface area (Å²) in [6, 6.07) is -0.132. The first-order valence-electron chi connectivity index (χ1n) is 7.23. The molecule has 0 aliphatic carbocycles. The van der Waals surface area contributed by atoms with Crippen LogP contribution in [0.15, 0.2) is 0 Å². The molecule has 6 heteroatoms. The van der Waals surface area contributed by atoms with Crippen LogP contribution in [0.2, 0.25) is 0 Å². The second-order valence-corrected chi connectivity index (χ2v) is 5.72. The average molecular weight is 295 g/mol. The molecule has 2 atom stereocenters. The van der Waals surface area contributed by atoms with E-state index in [0.717, 1.165) is 17.0 Å². The van der Waals surface area contributed by atoms with E-state index >= 15 is 0 Å². The maximum atomic E-state index is 12.1. The fourth-order valence-corrected chi connectivity index (χ4v) is 2.31. The zero-order chi connectivity index (χ0) is 16.2. The van der Waals surface area contributed by atoms with Crippen molar-refractivity contribution >= 4 is 11.9 Å². The molecule has 0 saturated heterocycles. The van der Waals surface area contributed by atoms with Gasteiger partial charge in [-0.3, -0.25) is 14.3 Å². The van der Waals surface area contributed by atoms with Gasteiger partial charge in [-0.05, 0) is 39.2 Å². The summed E-state index contributed by atoms with van der Waals surface area (Å²) in [5, 5.41) is 15.9. The molecule has 1 rings (SSSR count). The molecule has 1 heterocycles. The van der Waals surface area contributed by atoms with Crippen molar-refractivity contribution in [1.82, 2.24) is 15.1 Å². The van der Waals surface area contributed by atoms with Gasteiger partial charge >= 0.3 is 5.97 Å². The molecule has 21 heavy (non-hydrogen) atoms. The van der Waals surface area contributed by atoms with Gasteiger partial charge in [0.25, 0.3) is 0 Å². The van der Waals surface area contributed by atoms with Gasteiger partial charge in [0.05, 0.1) is 5.69 Å². The Labute approximate surface area is 125 Å². The number of carboxylic acid groups (broad SMARTS) is 1. The quantitative estimate of drug-likeness (QED) is 0.800. The highest BCUT2D eigenvalue weighted by atomic mass is 16.4. The van der Waals surface area contributed by atoms with Crippen LogP contribution >= 0.6 is 0 Å². The van der Waals surface area contributed by atoms with Crippen LogP contribution < -0.4 is 5.32 Å². The lowest BCUT2D eigenvalue weighted by atomic mass is 9.98. The Morgan fingerprint density at radius 3 is 2.43 bits per heavy atom. The lowest BCUT2D eigenvalue weighted by molar-refractivity contribution is -0.137. The van der Waals surface area contributed by atoms with Gasteiger partial charge in [-0.25, -0.2) is 0 Å². The smallest absolute Gasteiger partial charge is 0.303 e. The van der Waals surface area contributed by atoms with Crippen LogP contribution in [0.5, 0.6) is 0 Å². The SMILES string of the molecule is Cc1nn(C)c(C)c1CC(C)C(=O)NC(C)CCC(=O)O. The lowest BCUT2D eigenvalue weighted by Gasteiger charge is -2.17. The number of carbonyl (C=O) groups excluding carboxylic acids is 1.